The number of para-hydroxylation sites is 6. The molecular formula is C28H28N8O2. The molecular weight excluding hydrogens is 480 g/mol. The number of hydrogen-bond donors (Lipinski definition) is 4. The minimum absolute atomic E-state index is 0.0832. The molecule has 3 aromatic carbocycles. The third-order valence-electron chi connectivity index (χ3n) is 6.53. The summed E-state index contributed by atoms with van der Waals surface area (Å²) in [4.78, 5) is 40.1. The Bertz CT molecular complexity index is 1530. The van der Waals surface area contributed by atoms with Crippen molar-refractivity contribution in [3.8, 4) is 0 Å². The number of carboxylic acid groups (broad SMARTS) is 1. The van der Waals surface area contributed by atoms with Crippen LogP contribution in [0.1, 0.15) is 17.5 Å². The van der Waals surface area contributed by atoms with Crippen molar-refractivity contribution in [1.29, 1.82) is 0 Å². The molecule has 0 amide bonds. The molecule has 0 unspecified atom stereocenters. The lowest BCUT2D eigenvalue weighted by Crippen LogP contribution is -2.37. The molecule has 0 fully saturated rings. The van der Waals surface area contributed by atoms with Gasteiger partial charge in [0.15, 0.2) is 0 Å². The standard InChI is InChI=1S/C28H28N8O2/c37-28(38)18-36(17-27-33-23-11-5-6-12-24(23)34-27)14-13-35(15-25-29-19-7-1-2-8-20(19)30-25)16-26-31-21-9-3-4-10-22(21)32-26/h1-12H,13-18H2,(H,29,30)(H,31,32)(H,33,34)(H,37,38). The highest BCUT2D eigenvalue weighted by Crippen LogP contribution is 2.16. The van der Waals surface area contributed by atoms with E-state index in [4.69, 9.17) is 9.97 Å². The number of aromatic nitrogens is 6. The largest absolute Gasteiger partial charge is 0.480 e. The predicted octanol–water partition coefficient (Wildman–Crippen LogP) is 3.90. The second-order valence-corrected chi connectivity index (χ2v) is 9.42. The summed E-state index contributed by atoms with van der Waals surface area (Å²) in [5.41, 5.74) is 5.63. The maximum Gasteiger partial charge on any atom is 0.317 e. The normalized spacial score (nSPS) is 11.9. The van der Waals surface area contributed by atoms with E-state index in [1.807, 2.05) is 77.7 Å². The lowest BCUT2D eigenvalue weighted by atomic mass is 10.3. The molecule has 0 saturated carbocycles. The minimum Gasteiger partial charge on any atom is -0.480 e. The molecule has 0 aliphatic rings. The van der Waals surface area contributed by atoms with Gasteiger partial charge in [-0.25, -0.2) is 15.0 Å². The highest BCUT2D eigenvalue weighted by atomic mass is 16.4. The van der Waals surface area contributed by atoms with Crippen molar-refractivity contribution in [3.05, 3.63) is 90.3 Å². The maximum absolute atomic E-state index is 11.7. The molecule has 3 heterocycles. The third kappa shape index (κ3) is 5.41. The first-order chi connectivity index (χ1) is 18.6. The zero-order valence-electron chi connectivity index (χ0n) is 20.8. The van der Waals surface area contributed by atoms with E-state index in [2.05, 4.69) is 24.8 Å². The summed E-state index contributed by atoms with van der Waals surface area (Å²) in [5.74, 6) is 1.57. The summed E-state index contributed by atoms with van der Waals surface area (Å²) in [6.45, 7) is 2.60. The van der Waals surface area contributed by atoms with Gasteiger partial charge in [-0.15, -0.1) is 0 Å². The monoisotopic (exact) mass is 508 g/mol. The van der Waals surface area contributed by atoms with Crippen LogP contribution in [0.25, 0.3) is 33.1 Å². The van der Waals surface area contributed by atoms with Gasteiger partial charge in [0.05, 0.1) is 59.3 Å². The highest BCUT2D eigenvalue weighted by Gasteiger charge is 2.18. The number of nitrogens with one attached hydrogen (secondary N) is 3. The molecule has 0 aliphatic carbocycles. The molecule has 6 aromatic rings. The van der Waals surface area contributed by atoms with E-state index in [1.54, 1.807) is 0 Å². The van der Waals surface area contributed by atoms with Crippen LogP contribution in [0.2, 0.25) is 0 Å². The summed E-state index contributed by atoms with van der Waals surface area (Å²) >= 11 is 0. The molecule has 4 N–H and O–H groups in total. The Morgan fingerprint density at radius 1 is 0.605 bits per heavy atom. The zero-order chi connectivity index (χ0) is 25.9. The number of H-pyrrole nitrogens is 3. The van der Waals surface area contributed by atoms with Crippen LogP contribution in [0.3, 0.4) is 0 Å². The number of aromatic amines is 3. The fourth-order valence-corrected chi connectivity index (χ4v) is 4.78. The lowest BCUT2D eigenvalue weighted by Gasteiger charge is -2.25. The number of aliphatic carboxylic acids is 1. The van der Waals surface area contributed by atoms with Crippen molar-refractivity contribution in [1.82, 2.24) is 39.7 Å². The van der Waals surface area contributed by atoms with Crippen molar-refractivity contribution >= 4 is 39.1 Å². The molecule has 0 saturated heterocycles. The van der Waals surface area contributed by atoms with Crippen molar-refractivity contribution < 1.29 is 9.90 Å². The van der Waals surface area contributed by atoms with E-state index in [-0.39, 0.29) is 6.54 Å². The van der Waals surface area contributed by atoms with Gasteiger partial charge in [0.2, 0.25) is 0 Å². The number of rotatable bonds is 11. The molecule has 10 heteroatoms. The van der Waals surface area contributed by atoms with Crippen LogP contribution >= 0.6 is 0 Å². The van der Waals surface area contributed by atoms with Gasteiger partial charge >= 0.3 is 5.97 Å². The average molecular weight is 509 g/mol. The number of fused-ring (bicyclic) bond motifs is 3. The van der Waals surface area contributed by atoms with E-state index in [0.29, 0.717) is 32.7 Å². The Balaban J connectivity index is 1.22. The van der Waals surface area contributed by atoms with Gasteiger partial charge in [0.25, 0.3) is 0 Å². The second-order valence-electron chi connectivity index (χ2n) is 9.42. The maximum atomic E-state index is 11.7. The molecule has 192 valence electrons. The SMILES string of the molecule is O=C(O)CN(CCN(Cc1nc2ccccc2[nH]1)Cc1nc2ccccc2[nH]1)Cc1nc2ccccc2[nH]1. The van der Waals surface area contributed by atoms with E-state index < -0.39 is 5.97 Å². The second kappa shape index (κ2) is 10.4. The topological polar surface area (TPSA) is 130 Å². The van der Waals surface area contributed by atoms with Gasteiger partial charge < -0.3 is 20.1 Å². The Hall–Kier alpha value is -4.54. The van der Waals surface area contributed by atoms with E-state index >= 15 is 0 Å². The summed E-state index contributed by atoms with van der Waals surface area (Å²) in [5, 5.41) is 9.58. The quantitative estimate of drug-likeness (QED) is 0.209. The van der Waals surface area contributed by atoms with Crippen molar-refractivity contribution in [2.45, 2.75) is 19.6 Å². The summed E-state index contributed by atoms with van der Waals surface area (Å²) in [7, 11) is 0. The Labute approximate surface area is 218 Å². The molecule has 6 rings (SSSR count). The first-order valence-corrected chi connectivity index (χ1v) is 12.6. The molecule has 0 radical (unpaired) electrons. The molecule has 0 bridgehead atoms. The fraction of sp³-hybridized carbons (Fsp3) is 0.214. The first kappa shape index (κ1) is 23.8. The lowest BCUT2D eigenvalue weighted by molar-refractivity contribution is -0.138. The average Bonchev–Trinajstić information content (AvgIpc) is 3.61. The van der Waals surface area contributed by atoms with Crippen molar-refractivity contribution in [3.63, 3.8) is 0 Å². The Morgan fingerprint density at radius 2 is 0.974 bits per heavy atom. The van der Waals surface area contributed by atoms with Gasteiger partial charge in [0.1, 0.15) is 17.5 Å². The van der Waals surface area contributed by atoms with Gasteiger partial charge in [-0.05, 0) is 36.4 Å². The number of carboxylic acids is 1. The first-order valence-electron chi connectivity index (χ1n) is 12.6. The van der Waals surface area contributed by atoms with E-state index in [0.717, 1.165) is 50.6 Å². The van der Waals surface area contributed by atoms with Crippen LogP contribution in [-0.2, 0) is 24.4 Å². The van der Waals surface area contributed by atoms with Crippen molar-refractivity contribution in [2.75, 3.05) is 19.6 Å². The number of carbonyl (C=O) groups is 1. The van der Waals surface area contributed by atoms with Gasteiger partial charge in [-0.3, -0.25) is 14.6 Å². The van der Waals surface area contributed by atoms with Crippen molar-refractivity contribution in [2.24, 2.45) is 0 Å². The molecule has 38 heavy (non-hydrogen) atoms. The van der Waals surface area contributed by atoms with Crippen LogP contribution in [-0.4, -0.2) is 70.4 Å². The third-order valence-corrected chi connectivity index (χ3v) is 6.53. The van der Waals surface area contributed by atoms with E-state index in [9.17, 15) is 9.90 Å². The molecule has 0 spiro atoms. The Morgan fingerprint density at radius 3 is 1.37 bits per heavy atom. The minimum atomic E-state index is -0.873. The van der Waals surface area contributed by atoms with E-state index in [1.165, 1.54) is 0 Å². The van der Waals surface area contributed by atoms with Gasteiger partial charge in [0, 0.05) is 13.1 Å². The number of benzene rings is 3. The number of imidazole rings is 3. The highest BCUT2D eigenvalue weighted by molar-refractivity contribution is 5.76. The summed E-state index contributed by atoms with van der Waals surface area (Å²) in [6, 6.07) is 23.7. The fourth-order valence-electron chi connectivity index (χ4n) is 4.78. The van der Waals surface area contributed by atoms with Crippen LogP contribution in [0, 0.1) is 0 Å². The zero-order valence-corrected chi connectivity index (χ0v) is 20.8. The summed E-state index contributed by atoms with van der Waals surface area (Å²) < 4.78 is 0. The Kier molecular flexibility index (Phi) is 6.55. The van der Waals surface area contributed by atoms with Crippen LogP contribution in [0.15, 0.2) is 72.8 Å². The van der Waals surface area contributed by atoms with Crippen LogP contribution < -0.4 is 0 Å². The number of nitrogens with zero attached hydrogens (tertiary/aromatic N) is 5. The molecule has 0 atom stereocenters. The van der Waals surface area contributed by atoms with Crippen LogP contribution in [0.5, 0.6) is 0 Å². The van der Waals surface area contributed by atoms with Crippen LogP contribution in [0.4, 0.5) is 0 Å². The number of hydrogen-bond acceptors (Lipinski definition) is 6. The van der Waals surface area contributed by atoms with Gasteiger partial charge in [-0.2, -0.15) is 0 Å². The van der Waals surface area contributed by atoms with Gasteiger partial charge in [-0.1, -0.05) is 36.4 Å². The molecule has 0 aliphatic heterocycles. The smallest absolute Gasteiger partial charge is 0.317 e. The summed E-state index contributed by atoms with van der Waals surface area (Å²) in [6.07, 6.45) is 0. The predicted molar refractivity (Wildman–Crippen MR) is 145 cm³/mol. The molecule has 10 nitrogen and oxygen atoms in total. The molecule has 3 aromatic heterocycles.